The molecule has 0 aliphatic heterocycles. The van der Waals surface area contributed by atoms with Crippen molar-refractivity contribution in [3.63, 3.8) is 0 Å². The average Bonchev–Trinajstić information content (AvgIpc) is 3.13. The van der Waals surface area contributed by atoms with Gasteiger partial charge in [-0.25, -0.2) is 4.98 Å². The number of hydrogen-bond donors (Lipinski definition) is 1. The normalized spacial score (nSPS) is 10.2. The van der Waals surface area contributed by atoms with Gasteiger partial charge < -0.3 is 4.74 Å². The number of amides is 1. The second kappa shape index (κ2) is 7.52. The molecule has 0 saturated heterocycles. The van der Waals surface area contributed by atoms with Gasteiger partial charge in [-0.05, 0) is 24.3 Å². The molecule has 0 aliphatic carbocycles. The number of carbonyl (C=O) groups excluding carboxylic acids is 2. The van der Waals surface area contributed by atoms with Gasteiger partial charge in [0.2, 0.25) is 0 Å². The zero-order valence-electron chi connectivity index (χ0n) is 12.6. The number of ether oxygens (including phenoxy) is 1. The molecule has 1 amide bonds. The van der Waals surface area contributed by atoms with Gasteiger partial charge in [0.25, 0.3) is 5.91 Å². The molecular weight excluding hydrogens is 324 g/mol. The summed E-state index contributed by atoms with van der Waals surface area (Å²) in [4.78, 5) is 28.0. The van der Waals surface area contributed by atoms with Crippen LogP contribution in [0, 0.1) is 0 Å². The molecule has 0 spiro atoms. The van der Waals surface area contributed by atoms with E-state index < -0.39 is 0 Å². The molecule has 1 aromatic heterocycles. The second-order valence-electron chi connectivity index (χ2n) is 4.89. The van der Waals surface area contributed by atoms with Gasteiger partial charge in [-0.1, -0.05) is 30.3 Å². The molecule has 120 valence electrons. The molecule has 1 heterocycles. The first-order valence-electron chi connectivity index (χ1n) is 7.24. The topological polar surface area (TPSA) is 68.3 Å². The Bertz CT molecular complexity index is 815. The standard InChI is InChI=1S/C18H14N2O3S/c21-16(20-18-19-10-11-24-18)12-23-15-8-6-14(7-9-15)17(22)13-4-2-1-3-5-13/h1-11H,12H2,(H,19,20,21). The summed E-state index contributed by atoms with van der Waals surface area (Å²) in [6.45, 7) is -0.119. The Morgan fingerprint density at radius 1 is 1.00 bits per heavy atom. The SMILES string of the molecule is O=C(COc1ccc(C(=O)c2ccccc2)cc1)Nc1nccs1. The van der Waals surface area contributed by atoms with Crippen molar-refractivity contribution in [2.45, 2.75) is 0 Å². The Labute approximate surface area is 142 Å². The molecule has 0 bridgehead atoms. The third kappa shape index (κ3) is 4.05. The molecule has 3 rings (SSSR count). The number of carbonyl (C=O) groups is 2. The van der Waals surface area contributed by atoms with Crippen molar-refractivity contribution in [1.29, 1.82) is 0 Å². The van der Waals surface area contributed by atoms with E-state index in [1.165, 1.54) is 11.3 Å². The molecule has 0 aliphatic rings. The van der Waals surface area contributed by atoms with E-state index in [4.69, 9.17) is 4.74 Å². The molecule has 3 aromatic rings. The predicted octanol–water partition coefficient (Wildman–Crippen LogP) is 3.39. The number of hydrogen-bond acceptors (Lipinski definition) is 5. The lowest BCUT2D eigenvalue weighted by atomic mass is 10.0. The minimum Gasteiger partial charge on any atom is -0.484 e. The van der Waals surface area contributed by atoms with E-state index in [0.29, 0.717) is 22.0 Å². The first-order chi connectivity index (χ1) is 11.7. The van der Waals surface area contributed by atoms with Crippen molar-refractivity contribution < 1.29 is 14.3 Å². The largest absolute Gasteiger partial charge is 0.484 e. The van der Waals surface area contributed by atoms with E-state index in [0.717, 1.165) is 0 Å². The van der Waals surface area contributed by atoms with E-state index in [1.807, 2.05) is 18.2 Å². The van der Waals surface area contributed by atoms with Crippen LogP contribution in [-0.4, -0.2) is 23.3 Å². The molecular formula is C18H14N2O3S. The highest BCUT2D eigenvalue weighted by molar-refractivity contribution is 7.13. The summed E-state index contributed by atoms with van der Waals surface area (Å²) >= 11 is 1.34. The summed E-state index contributed by atoms with van der Waals surface area (Å²) in [5, 5.41) is 4.94. The van der Waals surface area contributed by atoms with Crippen LogP contribution in [0.15, 0.2) is 66.2 Å². The number of aromatic nitrogens is 1. The van der Waals surface area contributed by atoms with Crippen LogP contribution >= 0.6 is 11.3 Å². The first kappa shape index (κ1) is 15.9. The highest BCUT2D eigenvalue weighted by Crippen LogP contribution is 2.16. The monoisotopic (exact) mass is 338 g/mol. The van der Waals surface area contributed by atoms with Crippen LogP contribution in [0.1, 0.15) is 15.9 Å². The lowest BCUT2D eigenvalue weighted by Crippen LogP contribution is -2.20. The fourth-order valence-corrected chi connectivity index (χ4v) is 2.59. The number of thiazole rings is 1. The summed E-state index contributed by atoms with van der Waals surface area (Å²) in [6, 6.07) is 15.8. The maximum absolute atomic E-state index is 12.3. The number of nitrogens with one attached hydrogen (secondary N) is 1. The summed E-state index contributed by atoms with van der Waals surface area (Å²) in [5.41, 5.74) is 1.20. The molecule has 5 nitrogen and oxygen atoms in total. The first-order valence-corrected chi connectivity index (χ1v) is 8.12. The maximum atomic E-state index is 12.3. The van der Waals surface area contributed by atoms with E-state index in [1.54, 1.807) is 48.0 Å². The van der Waals surface area contributed by atoms with Crippen molar-refractivity contribution in [3.05, 3.63) is 77.3 Å². The third-order valence-corrected chi connectivity index (χ3v) is 3.89. The van der Waals surface area contributed by atoms with Crippen LogP contribution in [0.3, 0.4) is 0 Å². The molecule has 0 unspecified atom stereocenters. The molecule has 0 fully saturated rings. The summed E-state index contributed by atoms with van der Waals surface area (Å²) < 4.78 is 5.41. The van der Waals surface area contributed by atoms with Gasteiger partial charge in [0.15, 0.2) is 17.5 Å². The predicted molar refractivity (Wildman–Crippen MR) is 92.6 cm³/mol. The quantitative estimate of drug-likeness (QED) is 0.700. The molecule has 24 heavy (non-hydrogen) atoms. The van der Waals surface area contributed by atoms with Crippen molar-refractivity contribution in [2.75, 3.05) is 11.9 Å². The Kier molecular flexibility index (Phi) is 4.98. The molecule has 0 saturated carbocycles. The number of anilines is 1. The van der Waals surface area contributed by atoms with E-state index in [9.17, 15) is 9.59 Å². The Hall–Kier alpha value is -2.99. The lowest BCUT2D eigenvalue weighted by molar-refractivity contribution is -0.118. The van der Waals surface area contributed by atoms with Gasteiger partial charge in [0.1, 0.15) is 5.75 Å². The van der Waals surface area contributed by atoms with E-state index >= 15 is 0 Å². The minimum absolute atomic E-state index is 0.0522. The fraction of sp³-hybridized carbons (Fsp3) is 0.0556. The molecule has 0 radical (unpaired) electrons. The van der Waals surface area contributed by atoms with Crippen LogP contribution in [0.2, 0.25) is 0 Å². The van der Waals surface area contributed by atoms with Crippen molar-refractivity contribution in [3.8, 4) is 5.75 Å². The van der Waals surface area contributed by atoms with Gasteiger partial charge in [-0.2, -0.15) is 0 Å². The molecule has 6 heteroatoms. The lowest BCUT2D eigenvalue weighted by Gasteiger charge is -2.07. The van der Waals surface area contributed by atoms with E-state index in [2.05, 4.69) is 10.3 Å². The van der Waals surface area contributed by atoms with Crippen molar-refractivity contribution in [1.82, 2.24) is 4.98 Å². The second-order valence-corrected chi connectivity index (χ2v) is 5.79. The van der Waals surface area contributed by atoms with Gasteiger partial charge in [-0.3, -0.25) is 14.9 Å². The van der Waals surface area contributed by atoms with Gasteiger partial charge in [-0.15, -0.1) is 11.3 Å². The van der Waals surface area contributed by atoms with Crippen LogP contribution in [0.5, 0.6) is 5.75 Å². The van der Waals surface area contributed by atoms with E-state index in [-0.39, 0.29) is 18.3 Å². The fourth-order valence-electron chi connectivity index (χ4n) is 2.05. The van der Waals surface area contributed by atoms with Gasteiger partial charge in [0, 0.05) is 22.7 Å². The smallest absolute Gasteiger partial charge is 0.264 e. The van der Waals surface area contributed by atoms with Crippen LogP contribution in [0.25, 0.3) is 0 Å². The minimum atomic E-state index is -0.283. The molecule has 1 N–H and O–H groups in total. The van der Waals surface area contributed by atoms with Crippen LogP contribution in [-0.2, 0) is 4.79 Å². The summed E-state index contributed by atoms with van der Waals surface area (Å²) in [7, 11) is 0. The number of rotatable bonds is 6. The Morgan fingerprint density at radius 2 is 1.71 bits per heavy atom. The van der Waals surface area contributed by atoms with Crippen molar-refractivity contribution in [2.24, 2.45) is 0 Å². The number of benzene rings is 2. The summed E-state index contributed by atoms with van der Waals surface area (Å²) in [5.74, 6) is 0.187. The maximum Gasteiger partial charge on any atom is 0.264 e. The molecule has 2 aromatic carbocycles. The molecule has 0 atom stereocenters. The van der Waals surface area contributed by atoms with Gasteiger partial charge in [0.05, 0.1) is 0 Å². The average molecular weight is 338 g/mol. The highest BCUT2D eigenvalue weighted by atomic mass is 32.1. The number of nitrogens with zero attached hydrogens (tertiary/aromatic N) is 1. The zero-order valence-corrected chi connectivity index (χ0v) is 13.5. The third-order valence-electron chi connectivity index (χ3n) is 3.20. The Balaban J connectivity index is 1.56. The number of ketones is 1. The highest BCUT2D eigenvalue weighted by Gasteiger charge is 2.09. The van der Waals surface area contributed by atoms with Crippen LogP contribution in [0.4, 0.5) is 5.13 Å². The van der Waals surface area contributed by atoms with Crippen molar-refractivity contribution >= 4 is 28.2 Å². The van der Waals surface area contributed by atoms with Crippen LogP contribution < -0.4 is 10.1 Å². The van der Waals surface area contributed by atoms with Gasteiger partial charge >= 0.3 is 0 Å². The Morgan fingerprint density at radius 3 is 2.38 bits per heavy atom. The zero-order chi connectivity index (χ0) is 16.8. The summed E-state index contributed by atoms with van der Waals surface area (Å²) in [6.07, 6.45) is 1.61.